The summed E-state index contributed by atoms with van der Waals surface area (Å²) in [6, 6.07) is 10.3. The van der Waals surface area contributed by atoms with Crippen LogP contribution in [0.5, 0.6) is 0 Å². The number of hydrogen-bond acceptors (Lipinski definition) is 0. The van der Waals surface area contributed by atoms with E-state index in [1.54, 1.807) is 0 Å². The van der Waals surface area contributed by atoms with Gasteiger partial charge in [0.15, 0.2) is 0 Å². The summed E-state index contributed by atoms with van der Waals surface area (Å²) in [6.07, 6.45) is 0. The van der Waals surface area contributed by atoms with Gasteiger partial charge in [-0.05, 0) is 0 Å². The maximum absolute atomic E-state index is 4.56. The fourth-order valence-corrected chi connectivity index (χ4v) is 1.01. The normalized spacial score (nSPS) is 12.7. The monoisotopic (exact) mass is 176 g/mol. The molecule has 0 saturated carbocycles. The molecule has 1 aromatic carbocycles. The predicted octanol–water partition coefficient (Wildman–Crippen LogP) is 2.14. The standard InChI is InChI=1S/C9H10.Ni/c1-8(2)9-6-4-3-5-7-9;/h1,3-8H,2H3;. The molecule has 0 aliphatic carbocycles. The van der Waals surface area contributed by atoms with E-state index in [0.29, 0.717) is 5.92 Å². The van der Waals surface area contributed by atoms with Gasteiger partial charge in [0.25, 0.3) is 0 Å². The van der Waals surface area contributed by atoms with E-state index >= 15 is 0 Å². The Morgan fingerprint density at radius 2 is 1.90 bits per heavy atom. The van der Waals surface area contributed by atoms with Crippen molar-refractivity contribution in [3.63, 3.8) is 0 Å². The van der Waals surface area contributed by atoms with Crippen molar-refractivity contribution in [2.24, 2.45) is 0 Å². The third kappa shape index (κ3) is 1.78. The fourth-order valence-electron chi connectivity index (χ4n) is 0.817. The minimum absolute atomic E-state index is 0.418. The number of hydrogen-bond donors (Lipinski definition) is 0. The predicted molar refractivity (Wildman–Crippen MR) is 40.9 cm³/mol. The molecular formula is C9H10Ni. The van der Waals surface area contributed by atoms with E-state index in [9.17, 15) is 0 Å². The molecule has 0 amide bonds. The Labute approximate surface area is 69.2 Å². The van der Waals surface area contributed by atoms with Gasteiger partial charge in [-0.2, -0.15) is 0 Å². The van der Waals surface area contributed by atoms with Crippen molar-refractivity contribution >= 4 is 4.99 Å². The average molecular weight is 177 g/mol. The molecule has 0 N–H and O–H groups in total. The SMILES string of the molecule is CC([CH]=[Ni])c1ccccc1. The summed E-state index contributed by atoms with van der Waals surface area (Å²) in [4.78, 5) is 1.83. The van der Waals surface area contributed by atoms with Crippen molar-refractivity contribution in [1.82, 2.24) is 0 Å². The van der Waals surface area contributed by atoms with E-state index in [2.05, 4.69) is 34.1 Å². The van der Waals surface area contributed by atoms with Gasteiger partial charge < -0.3 is 0 Å². The molecular weight excluding hydrogens is 167 g/mol. The summed E-state index contributed by atoms with van der Waals surface area (Å²) in [5.41, 5.74) is 1.30. The molecule has 0 aromatic heterocycles. The van der Waals surface area contributed by atoms with Gasteiger partial charge in [0.1, 0.15) is 0 Å². The molecule has 0 aliphatic rings. The second-order valence-corrected chi connectivity index (χ2v) is 2.63. The van der Waals surface area contributed by atoms with Crippen LogP contribution < -0.4 is 0 Å². The van der Waals surface area contributed by atoms with Crippen LogP contribution in [0.15, 0.2) is 30.3 Å². The van der Waals surface area contributed by atoms with Crippen LogP contribution in [-0.2, 0) is 15.0 Å². The summed E-state index contributed by atoms with van der Waals surface area (Å²) in [5, 5.41) is 0. The summed E-state index contributed by atoms with van der Waals surface area (Å²) in [7, 11) is 0. The van der Waals surface area contributed by atoms with Crippen molar-refractivity contribution in [3.05, 3.63) is 35.9 Å². The van der Waals surface area contributed by atoms with Crippen LogP contribution in [0, 0.1) is 0 Å². The van der Waals surface area contributed by atoms with E-state index in [4.69, 9.17) is 0 Å². The molecule has 0 radical (unpaired) electrons. The topological polar surface area (TPSA) is 0 Å². The molecule has 1 atom stereocenters. The van der Waals surface area contributed by atoms with E-state index in [1.807, 2.05) is 23.2 Å². The molecule has 0 bridgehead atoms. The van der Waals surface area contributed by atoms with Crippen molar-refractivity contribution in [1.29, 1.82) is 0 Å². The van der Waals surface area contributed by atoms with Gasteiger partial charge in [0, 0.05) is 0 Å². The first-order chi connectivity index (χ1) is 4.84. The van der Waals surface area contributed by atoms with Crippen LogP contribution >= 0.6 is 0 Å². The first-order valence-electron chi connectivity index (χ1n) is 3.29. The molecule has 0 aliphatic heterocycles. The molecule has 0 spiro atoms. The molecule has 0 saturated heterocycles. The molecule has 56 valence electrons. The van der Waals surface area contributed by atoms with Crippen LogP contribution in [-0.4, -0.2) is 4.99 Å². The van der Waals surface area contributed by atoms with Crippen LogP contribution in [0.4, 0.5) is 0 Å². The van der Waals surface area contributed by atoms with Gasteiger partial charge in [0.2, 0.25) is 0 Å². The summed E-state index contributed by atoms with van der Waals surface area (Å²) >= 11 is 4.56. The Bertz CT molecular complexity index is 203. The zero-order valence-electron chi connectivity index (χ0n) is 5.86. The molecule has 0 nitrogen and oxygen atoms in total. The molecule has 1 heteroatoms. The zero-order chi connectivity index (χ0) is 7.40. The number of rotatable bonds is 2. The first-order valence-corrected chi connectivity index (χ1v) is 3.86. The van der Waals surface area contributed by atoms with Gasteiger partial charge in [0.05, 0.1) is 0 Å². The van der Waals surface area contributed by atoms with Crippen LogP contribution in [0.1, 0.15) is 18.4 Å². The van der Waals surface area contributed by atoms with E-state index < -0.39 is 0 Å². The minimum atomic E-state index is 0.418. The van der Waals surface area contributed by atoms with E-state index in [0.717, 1.165) is 0 Å². The first kappa shape index (κ1) is 7.69. The fraction of sp³-hybridized carbons (Fsp3) is 0.222. The molecule has 1 rings (SSSR count). The van der Waals surface area contributed by atoms with E-state index in [-0.39, 0.29) is 0 Å². The van der Waals surface area contributed by atoms with Gasteiger partial charge in [-0.25, -0.2) is 0 Å². The number of benzene rings is 1. The second kappa shape index (κ2) is 3.68. The van der Waals surface area contributed by atoms with Gasteiger partial charge in [-0.3, -0.25) is 0 Å². The third-order valence-corrected chi connectivity index (χ3v) is 1.98. The van der Waals surface area contributed by atoms with Crippen LogP contribution in [0.2, 0.25) is 0 Å². The van der Waals surface area contributed by atoms with Crippen molar-refractivity contribution in [3.8, 4) is 0 Å². The van der Waals surface area contributed by atoms with Crippen molar-refractivity contribution in [2.75, 3.05) is 0 Å². The van der Waals surface area contributed by atoms with Gasteiger partial charge in [-0.1, -0.05) is 0 Å². The molecule has 1 unspecified atom stereocenters. The van der Waals surface area contributed by atoms with E-state index in [1.165, 1.54) is 5.56 Å². The zero-order valence-corrected chi connectivity index (χ0v) is 6.85. The second-order valence-electron chi connectivity index (χ2n) is 2.30. The Morgan fingerprint density at radius 1 is 1.30 bits per heavy atom. The van der Waals surface area contributed by atoms with Gasteiger partial charge in [-0.15, -0.1) is 0 Å². The quantitative estimate of drug-likeness (QED) is 0.606. The third-order valence-electron chi connectivity index (χ3n) is 1.48. The Morgan fingerprint density at radius 3 is 2.40 bits per heavy atom. The van der Waals surface area contributed by atoms with Crippen molar-refractivity contribution < 1.29 is 15.0 Å². The summed E-state index contributed by atoms with van der Waals surface area (Å²) in [6.45, 7) is 2.11. The molecule has 10 heavy (non-hydrogen) atoms. The Hall–Kier alpha value is -0.416. The Kier molecular flexibility index (Phi) is 2.83. The van der Waals surface area contributed by atoms with Crippen LogP contribution in [0.25, 0.3) is 0 Å². The van der Waals surface area contributed by atoms with Gasteiger partial charge >= 0.3 is 68.8 Å². The van der Waals surface area contributed by atoms with Crippen molar-refractivity contribution in [2.45, 2.75) is 12.8 Å². The molecule has 0 fully saturated rings. The maximum atomic E-state index is 4.56. The average Bonchev–Trinajstić information content (AvgIpc) is 2.05. The summed E-state index contributed by atoms with van der Waals surface area (Å²) < 4.78 is 0. The van der Waals surface area contributed by atoms with Crippen LogP contribution in [0.3, 0.4) is 0 Å². The Balaban J connectivity index is 2.84. The summed E-state index contributed by atoms with van der Waals surface area (Å²) in [5.74, 6) is 0.418. The molecule has 0 heterocycles. The molecule has 1 aromatic rings.